The van der Waals surface area contributed by atoms with Gasteiger partial charge in [-0.15, -0.1) is 0 Å². The predicted octanol–water partition coefficient (Wildman–Crippen LogP) is 2.89. The van der Waals surface area contributed by atoms with Gasteiger partial charge in [0.1, 0.15) is 5.78 Å². The molecule has 0 aromatic carbocycles. The molecule has 2 fully saturated rings. The molecule has 4 aliphatic carbocycles. The first-order chi connectivity index (χ1) is 14.4. The van der Waals surface area contributed by atoms with Gasteiger partial charge in [-0.3, -0.25) is 14.4 Å². The van der Waals surface area contributed by atoms with Crippen LogP contribution in [0.25, 0.3) is 0 Å². The highest BCUT2D eigenvalue weighted by Crippen LogP contribution is 2.65. The van der Waals surface area contributed by atoms with Crippen molar-refractivity contribution in [3.05, 3.63) is 34.5 Å². The van der Waals surface area contributed by atoms with Crippen molar-refractivity contribution in [2.45, 2.75) is 58.5 Å². The van der Waals surface area contributed by atoms with Crippen molar-refractivity contribution < 1.29 is 39.9 Å². The Labute approximate surface area is 179 Å². The molecule has 4 aliphatic rings. The number of Topliss-reactive ketones (excluding diaryl/α,β-unsaturated/α-hetero) is 2. The van der Waals surface area contributed by atoms with E-state index in [1.807, 2.05) is 13.0 Å². The van der Waals surface area contributed by atoms with E-state index < -0.39 is 46.0 Å². The van der Waals surface area contributed by atoms with E-state index in [1.165, 1.54) is 0 Å². The quantitative estimate of drug-likeness (QED) is 0.425. The molecule has 4 rings (SSSR count). The highest BCUT2D eigenvalue weighted by Gasteiger charge is 2.63. The van der Waals surface area contributed by atoms with Crippen LogP contribution < -0.4 is 0 Å². The molecule has 31 heavy (non-hydrogen) atoms. The summed E-state index contributed by atoms with van der Waals surface area (Å²) < 4.78 is 0. The molecule has 0 amide bonds. The van der Waals surface area contributed by atoms with E-state index in [9.17, 15) is 34.8 Å². The number of aliphatic hydroxyl groups is 4. The first-order valence-electron chi connectivity index (χ1n) is 10.7. The zero-order valence-electron chi connectivity index (χ0n) is 17.6. The van der Waals surface area contributed by atoms with Crippen LogP contribution in [0.15, 0.2) is 34.5 Å². The zero-order chi connectivity index (χ0) is 22.9. The van der Waals surface area contributed by atoms with Crippen LogP contribution in [-0.4, -0.2) is 49.2 Å². The van der Waals surface area contributed by atoms with Crippen LogP contribution in [0.1, 0.15) is 52.4 Å². The summed E-state index contributed by atoms with van der Waals surface area (Å²) in [4.78, 5) is 36.8. The zero-order valence-corrected chi connectivity index (χ0v) is 17.6. The van der Waals surface area contributed by atoms with E-state index in [1.54, 1.807) is 6.92 Å². The normalized spacial score (nSPS) is 39.6. The van der Waals surface area contributed by atoms with Crippen molar-refractivity contribution in [3.63, 3.8) is 0 Å². The van der Waals surface area contributed by atoms with Gasteiger partial charge in [-0.25, -0.2) is 0 Å². The Balaban J connectivity index is 1.69. The third-order valence-electron chi connectivity index (χ3n) is 8.34. The molecule has 0 bridgehead atoms. The van der Waals surface area contributed by atoms with Gasteiger partial charge < -0.3 is 25.5 Å². The number of carboxylic acids is 1. The minimum atomic E-state index is -1.36. The molecule has 0 spiro atoms. The minimum Gasteiger partial charge on any atom is -0.504 e. The molecule has 168 valence electrons. The maximum atomic E-state index is 13.1. The number of carbonyl (C=O) groups is 3. The number of ketones is 2. The Kier molecular flexibility index (Phi) is 4.85. The molecule has 0 aliphatic heterocycles. The number of allylic oxidation sites excluding steroid dienone is 3. The second-order valence-electron chi connectivity index (χ2n) is 9.72. The Morgan fingerprint density at radius 1 is 1.10 bits per heavy atom. The number of rotatable bonds is 4. The highest BCUT2D eigenvalue weighted by molar-refractivity contribution is 6.03. The maximum Gasteiger partial charge on any atom is 0.303 e. The molecule has 0 aromatic rings. The van der Waals surface area contributed by atoms with E-state index >= 15 is 0 Å². The van der Waals surface area contributed by atoms with Crippen molar-refractivity contribution >= 4 is 17.5 Å². The van der Waals surface area contributed by atoms with E-state index in [0.29, 0.717) is 19.3 Å². The summed E-state index contributed by atoms with van der Waals surface area (Å²) in [6.45, 7) is 3.59. The molecule has 0 aromatic heterocycles. The predicted molar refractivity (Wildman–Crippen MR) is 108 cm³/mol. The van der Waals surface area contributed by atoms with Gasteiger partial charge in [0.15, 0.2) is 5.76 Å². The van der Waals surface area contributed by atoms with Crippen LogP contribution >= 0.6 is 0 Å². The fraction of sp³-hybridized carbons (Fsp3) is 0.609. The van der Waals surface area contributed by atoms with E-state index in [2.05, 4.69) is 0 Å². The fourth-order valence-corrected chi connectivity index (χ4v) is 6.77. The van der Waals surface area contributed by atoms with Crippen LogP contribution in [0.5, 0.6) is 0 Å². The summed E-state index contributed by atoms with van der Waals surface area (Å²) in [5.74, 6) is -5.14. The SMILES string of the molecule is C[C@]12C(=O)C(O)=C(O)C(O)=C1C(O)C[C@H]1C3=CC[C@H](C(=O)CCC(=O)O)[C@@]3(C)CC[C@@H]12. The molecular weight excluding hydrogens is 404 g/mol. The Bertz CT molecular complexity index is 972. The van der Waals surface area contributed by atoms with Crippen molar-refractivity contribution in [2.24, 2.45) is 28.6 Å². The lowest BCUT2D eigenvalue weighted by Crippen LogP contribution is -2.55. The average Bonchev–Trinajstić information content (AvgIpc) is 3.06. The van der Waals surface area contributed by atoms with Gasteiger partial charge in [0.25, 0.3) is 0 Å². The molecule has 6 atom stereocenters. The summed E-state index contributed by atoms with van der Waals surface area (Å²) in [6.07, 6.45) is 2.42. The lowest BCUT2D eigenvalue weighted by Gasteiger charge is -2.56. The number of carboxylic acid groups (broad SMARTS) is 1. The number of fused-ring (bicyclic) bond motifs is 5. The summed E-state index contributed by atoms with van der Waals surface area (Å²) >= 11 is 0. The number of hydrogen-bond acceptors (Lipinski definition) is 7. The Morgan fingerprint density at radius 2 is 1.77 bits per heavy atom. The molecule has 1 unspecified atom stereocenters. The summed E-state index contributed by atoms with van der Waals surface area (Å²) in [7, 11) is 0. The molecule has 8 heteroatoms. The van der Waals surface area contributed by atoms with Crippen LogP contribution in [0.3, 0.4) is 0 Å². The number of carbonyl (C=O) groups excluding carboxylic acids is 2. The fourth-order valence-electron chi connectivity index (χ4n) is 6.77. The lowest BCUT2D eigenvalue weighted by atomic mass is 9.47. The van der Waals surface area contributed by atoms with Gasteiger partial charge in [0, 0.05) is 17.9 Å². The monoisotopic (exact) mass is 432 g/mol. The smallest absolute Gasteiger partial charge is 0.303 e. The number of aliphatic hydroxyl groups excluding tert-OH is 4. The van der Waals surface area contributed by atoms with Crippen molar-refractivity contribution in [1.82, 2.24) is 0 Å². The molecule has 0 heterocycles. The molecule has 2 saturated carbocycles. The highest BCUT2D eigenvalue weighted by atomic mass is 16.4. The molecular formula is C23H28O8. The van der Waals surface area contributed by atoms with Crippen LogP contribution in [0.4, 0.5) is 0 Å². The first kappa shape index (κ1) is 21.6. The van der Waals surface area contributed by atoms with Gasteiger partial charge in [0.05, 0.1) is 17.9 Å². The van der Waals surface area contributed by atoms with Crippen LogP contribution in [-0.2, 0) is 14.4 Å². The third-order valence-corrected chi connectivity index (χ3v) is 8.34. The maximum absolute atomic E-state index is 13.1. The van der Waals surface area contributed by atoms with Crippen molar-refractivity contribution in [1.29, 1.82) is 0 Å². The largest absolute Gasteiger partial charge is 0.504 e. The average molecular weight is 432 g/mol. The summed E-state index contributed by atoms with van der Waals surface area (Å²) in [5, 5.41) is 50.3. The lowest BCUT2D eigenvalue weighted by molar-refractivity contribution is -0.139. The second-order valence-corrected chi connectivity index (χ2v) is 9.72. The molecule has 8 nitrogen and oxygen atoms in total. The Morgan fingerprint density at radius 3 is 2.42 bits per heavy atom. The van der Waals surface area contributed by atoms with Crippen molar-refractivity contribution in [3.8, 4) is 0 Å². The van der Waals surface area contributed by atoms with Gasteiger partial charge in [-0.2, -0.15) is 0 Å². The standard InChI is InChI=1S/C23H28O8/c1-22-8-7-12-10(11(22)3-4-13(22)14(24)5-6-16(26)27)9-15(25)17-18(28)19(29)20(30)21(31)23(12,17)2/h3,10,12-13,15,25,28-30H,4-9H2,1-2H3,(H,26,27)/t10-,12-,13+,15?,22-,23+/m0/s1. The van der Waals surface area contributed by atoms with Gasteiger partial charge >= 0.3 is 5.97 Å². The first-order valence-corrected chi connectivity index (χ1v) is 10.7. The molecule has 0 saturated heterocycles. The van der Waals surface area contributed by atoms with Gasteiger partial charge in [0.2, 0.25) is 17.3 Å². The minimum absolute atomic E-state index is 0.0255. The molecule has 5 N–H and O–H groups in total. The summed E-state index contributed by atoms with van der Waals surface area (Å²) in [5.41, 5.74) is -0.808. The third kappa shape index (κ3) is 2.80. The van der Waals surface area contributed by atoms with Crippen LogP contribution in [0, 0.1) is 28.6 Å². The van der Waals surface area contributed by atoms with E-state index in [0.717, 1.165) is 5.57 Å². The van der Waals surface area contributed by atoms with Crippen molar-refractivity contribution in [2.75, 3.05) is 0 Å². The van der Waals surface area contributed by atoms with Gasteiger partial charge in [-0.1, -0.05) is 18.6 Å². The second kappa shape index (κ2) is 6.95. The topological polar surface area (TPSA) is 152 Å². The summed E-state index contributed by atoms with van der Waals surface area (Å²) in [6, 6.07) is 0. The van der Waals surface area contributed by atoms with Gasteiger partial charge in [-0.05, 0) is 49.9 Å². The number of aliphatic carboxylic acids is 1. The van der Waals surface area contributed by atoms with E-state index in [-0.39, 0.29) is 48.4 Å². The molecule has 0 radical (unpaired) electrons. The van der Waals surface area contributed by atoms with E-state index in [4.69, 9.17) is 5.11 Å². The number of hydrogen-bond donors (Lipinski definition) is 5. The van der Waals surface area contributed by atoms with Crippen LogP contribution in [0.2, 0.25) is 0 Å². The Hall–Kier alpha value is -2.61.